The molecule has 7 nitrogen and oxygen atoms in total. The lowest BCUT2D eigenvalue weighted by atomic mass is 9.97. The van der Waals surface area contributed by atoms with Gasteiger partial charge in [-0.3, -0.25) is 19.5 Å². The molecule has 1 saturated heterocycles. The molecule has 1 amide bonds. The Balaban J connectivity index is 2.00. The maximum absolute atomic E-state index is 13.3. The summed E-state index contributed by atoms with van der Waals surface area (Å²) in [7, 11) is 2.85. The Morgan fingerprint density at radius 2 is 1.76 bits per heavy atom. The maximum atomic E-state index is 13.3. The number of ether oxygens (including phenoxy) is 2. The molecule has 0 spiro atoms. The summed E-state index contributed by atoms with van der Waals surface area (Å²) in [6, 6.07) is 12.0. The van der Waals surface area contributed by atoms with Gasteiger partial charge in [-0.1, -0.05) is 29.3 Å². The highest BCUT2D eigenvalue weighted by molar-refractivity contribution is 6.52. The average Bonchev–Trinajstić information content (AvgIpc) is 3.09. The lowest BCUT2D eigenvalue weighted by molar-refractivity contribution is -0.132. The summed E-state index contributed by atoms with van der Waals surface area (Å²) in [4.78, 5) is 32.3. The number of Topliss-reactive ketones (excluding diaryl/α,β-unsaturated/α-hetero) is 1. The minimum atomic E-state index is -0.994. The van der Waals surface area contributed by atoms with Crippen molar-refractivity contribution in [2.45, 2.75) is 13.0 Å². The summed E-state index contributed by atoms with van der Waals surface area (Å²) < 4.78 is 10.6. The number of ketones is 1. The third kappa shape index (κ3) is 3.97. The maximum Gasteiger partial charge on any atom is 0.300 e. The van der Waals surface area contributed by atoms with Crippen molar-refractivity contribution in [3.63, 3.8) is 0 Å². The Morgan fingerprint density at radius 3 is 2.38 bits per heavy atom. The summed E-state index contributed by atoms with van der Waals surface area (Å²) in [6.07, 6.45) is 1.55. The van der Waals surface area contributed by atoms with Crippen LogP contribution < -0.4 is 14.4 Å². The lowest BCUT2D eigenvalue weighted by Gasteiger charge is -2.26. The third-order valence-electron chi connectivity index (χ3n) is 5.56. The fourth-order valence-electron chi connectivity index (χ4n) is 3.98. The van der Waals surface area contributed by atoms with Crippen LogP contribution in [0.25, 0.3) is 5.76 Å². The van der Waals surface area contributed by atoms with Crippen molar-refractivity contribution in [2.24, 2.45) is 0 Å². The summed E-state index contributed by atoms with van der Waals surface area (Å²) in [5.41, 5.74) is 1.55. The lowest BCUT2D eigenvalue weighted by Crippen LogP contribution is -2.30. The van der Waals surface area contributed by atoms with E-state index in [-0.39, 0.29) is 21.9 Å². The number of benzene rings is 2. The molecular formula is C25H20Cl2N2O5. The van der Waals surface area contributed by atoms with Crippen LogP contribution >= 0.6 is 23.2 Å². The van der Waals surface area contributed by atoms with E-state index in [0.29, 0.717) is 27.7 Å². The van der Waals surface area contributed by atoms with Gasteiger partial charge in [0, 0.05) is 23.0 Å². The highest BCUT2D eigenvalue weighted by atomic mass is 35.5. The molecule has 1 aliphatic heterocycles. The number of hydrogen-bond acceptors (Lipinski definition) is 6. The smallest absolute Gasteiger partial charge is 0.300 e. The van der Waals surface area contributed by atoms with Crippen molar-refractivity contribution in [2.75, 3.05) is 19.1 Å². The normalized spacial score (nSPS) is 17.2. The van der Waals surface area contributed by atoms with Crippen LogP contribution in [0.4, 0.5) is 5.69 Å². The quantitative estimate of drug-likeness (QED) is 0.290. The molecule has 0 bridgehead atoms. The van der Waals surface area contributed by atoms with Gasteiger partial charge in [0.25, 0.3) is 11.7 Å². The highest BCUT2D eigenvalue weighted by Crippen LogP contribution is 2.45. The Bertz CT molecular complexity index is 1320. The van der Waals surface area contributed by atoms with Crippen molar-refractivity contribution in [1.82, 2.24) is 4.98 Å². The van der Waals surface area contributed by atoms with E-state index in [1.54, 1.807) is 49.5 Å². The second-order valence-corrected chi connectivity index (χ2v) is 8.39. The van der Waals surface area contributed by atoms with Crippen LogP contribution in [0.15, 0.2) is 60.3 Å². The van der Waals surface area contributed by atoms with Crippen molar-refractivity contribution < 1.29 is 24.2 Å². The number of rotatable bonds is 5. The van der Waals surface area contributed by atoms with Gasteiger partial charge >= 0.3 is 0 Å². The first-order chi connectivity index (χ1) is 16.3. The number of aliphatic hydroxyl groups is 1. The molecule has 9 heteroatoms. The molecule has 1 atom stereocenters. The molecule has 2 aromatic carbocycles. The molecule has 34 heavy (non-hydrogen) atoms. The van der Waals surface area contributed by atoms with Gasteiger partial charge in [0.1, 0.15) is 23.3 Å². The molecule has 1 aromatic heterocycles. The number of carbonyl (C=O) groups excluding carboxylic acids is 2. The summed E-state index contributed by atoms with van der Waals surface area (Å²) in [5.74, 6) is -1.57. The number of nitrogens with zero attached hydrogens (tertiary/aromatic N) is 2. The number of methoxy groups -OCH3 is 2. The highest BCUT2D eigenvalue weighted by Gasteiger charge is 2.48. The minimum absolute atomic E-state index is 0.139. The Kier molecular flexibility index (Phi) is 6.50. The van der Waals surface area contributed by atoms with Crippen molar-refractivity contribution in [1.29, 1.82) is 0 Å². The van der Waals surface area contributed by atoms with E-state index in [1.807, 2.05) is 0 Å². The zero-order valence-corrected chi connectivity index (χ0v) is 20.0. The Labute approximate surface area is 206 Å². The SMILES string of the molecule is COc1cc(OC)c(/C(O)=C2\C(=O)C(=O)N(c3ccc(Cl)cc3C)C2c2ccccn2)cc1Cl. The second-order valence-electron chi connectivity index (χ2n) is 7.54. The fraction of sp³-hybridized carbons (Fsp3) is 0.160. The molecule has 1 fully saturated rings. The van der Waals surface area contributed by atoms with E-state index >= 15 is 0 Å². The van der Waals surface area contributed by atoms with E-state index in [2.05, 4.69) is 4.98 Å². The number of carbonyl (C=O) groups is 2. The molecule has 0 radical (unpaired) electrons. The van der Waals surface area contributed by atoms with E-state index in [9.17, 15) is 14.7 Å². The number of halogens is 2. The van der Waals surface area contributed by atoms with Crippen LogP contribution in [0.5, 0.6) is 11.5 Å². The van der Waals surface area contributed by atoms with Crippen LogP contribution in [0.2, 0.25) is 10.0 Å². The molecule has 0 saturated carbocycles. The second kappa shape index (κ2) is 9.37. The molecule has 1 N–H and O–H groups in total. The standard InChI is InChI=1S/C25H20Cl2N2O5/c1-13-10-14(26)7-8-18(13)29-22(17-6-4-5-9-28-17)21(24(31)25(29)32)23(30)15-11-16(27)20(34-3)12-19(15)33-2/h4-12,22,30H,1-3H3/b23-21+. The summed E-state index contributed by atoms with van der Waals surface area (Å²) in [5, 5.41) is 12.1. The number of hydrogen-bond donors (Lipinski definition) is 1. The van der Waals surface area contributed by atoms with Gasteiger partial charge in [-0.05, 0) is 48.9 Å². The first-order valence-corrected chi connectivity index (χ1v) is 10.9. The van der Waals surface area contributed by atoms with Gasteiger partial charge in [-0.2, -0.15) is 0 Å². The molecule has 1 unspecified atom stereocenters. The van der Waals surface area contributed by atoms with E-state index < -0.39 is 23.5 Å². The molecule has 3 aromatic rings. The Hall–Kier alpha value is -3.55. The first-order valence-electron chi connectivity index (χ1n) is 10.2. The minimum Gasteiger partial charge on any atom is -0.507 e. The monoisotopic (exact) mass is 498 g/mol. The topological polar surface area (TPSA) is 89.0 Å². The van der Waals surface area contributed by atoms with Crippen LogP contribution in [0.3, 0.4) is 0 Å². The van der Waals surface area contributed by atoms with Gasteiger partial charge in [-0.15, -0.1) is 0 Å². The number of amides is 1. The molecule has 0 aliphatic carbocycles. The Morgan fingerprint density at radius 1 is 1.03 bits per heavy atom. The first kappa shape index (κ1) is 23.6. The van der Waals surface area contributed by atoms with E-state index in [1.165, 1.54) is 31.3 Å². The van der Waals surface area contributed by atoms with Gasteiger partial charge in [0.15, 0.2) is 0 Å². The van der Waals surface area contributed by atoms with Crippen LogP contribution in [0, 0.1) is 6.92 Å². The zero-order valence-electron chi connectivity index (χ0n) is 18.5. The van der Waals surface area contributed by atoms with Crippen molar-refractivity contribution in [3.8, 4) is 11.5 Å². The summed E-state index contributed by atoms with van der Waals surface area (Å²) >= 11 is 12.4. The van der Waals surface area contributed by atoms with Crippen LogP contribution in [-0.2, 0) is 9.59 Å². The predicted octanol–water partition coefficient (Wildman–Crippen LogP) is 5.34. The molecule has 174 valence electrons. The van der Waals surface area contributed by atoms with Gasteiger partial charge in [0.05, 0.1) is 36.1 Å². The number of anilines is 1. The molecule has 4 rings (SSSR count). The van der Waals surface area contributed by atoms with Gasteiger partial charge in [-0.25, -0.2) is 0 Å². The van der Waals surface area contributed by atoms with Crippen molar-refractivity contribution in [3.05, 3.63) is 87.2 Å². The number of pyridine rings is 1. The molecule has 2 heterocycles. The van der Waals surface area contributed by atoms with E-state index in [4.69, 9.17) is 32.7 Å². The summed E-state index contributed by atoms with van der Waals surface area (Å²) in [6.45, 7) is 1.78. The van der Waals surface area contributed by atoms with Gasteiger partial charge in [0.2, 0.25) is 0 Å². The average molecular weight is 499 g/mol. The van der Waals surface area contributed by atoms with E-state index in [0.717, 1.165) is 0 Å². The number of aromatic nitrogens is 1. The fourth-order valence-corrected chi connectivity index (χ4v) is 4.45. The van der Waals surface area contributed by atoms with Gasteiger partial charge < -0.3 is 14.6 Å². The van der Waals surface area contributed by atoms with Crippen molar-refractivity contribution >= 4 is 46.3 Å². The largest absolute Gasteiger partial charge is 0.507 e. The van der Waals surface area contributed by atoms with Crippen LogP contribution in [0.1, 0.15) is 22.9 Å². The molecule has 1 aliphatic rings. The number of aliphatic hydroxyl groups excluding tert-OH is 1. The molecular weight excluding hydrogens is 479 g/mol. The zero-order chi connectivity index (χ0) is 24.6. The third-order valence-corrected chi connectivity index (χ3v) is 6.09. The van der Waals surface area contributed by atoms with Crippen LogP contribution in [-0.4, -0.2) is 36.0 Å². The predicted molar refractivity (Wildman–Crippen MR) is 130 cm³/mol. The number of aryl methyl sites for hydroxylation is 1.